The average molecular weight is 343 g/mol. The number of carbonyl (C=O) groups excluding carboxylic acids is 2. The summed E-state index contributed by atoms with van der Waals surface area (Å²) in [5.74, 6) is -2.02. The first-order valence-corrected chi connectivity index (χ1v) is 8.15. The maximum Gasteiger partial charge on any atom is 0.339 e. The van der Waals surface area contributed by atoms with Gasteiger partial charge >= 0.3 is 11.9 Å². The van der Waals surface area contributed by atoms with Crippen LogP contribution in [-0.4, -0.2) is 70.2 Å². The van der Waals surface area contributed by atoms with Crippen molar-refractivity contribution in [2.75, 3.05) is 26.2 Å². The van der Waals surface area contributed by atoms with Crippen molar-refractivity contribution in [2.45, 2.75) is 52.3 Å². The number of carboxylic acid groups (broad SMARTS) is 1. The predicted molar refractivity (Wildman–Crippen MR) is 88.0 cm³/mol. The van der Waals surface area contributed by atoms with E-state index in [1.54, 1.807) is 25.7 Å². The molecule has 8 heteroatoms. The first-order chi connectivity index (χ1) is 10.9. The number of aliphatic carboxylic acids is 1. The van der Waals surface area contributed by atoms with Crippen LogP contribution in [0.2, 0.25) is 0 Å². The third-order valence-corrected chi connectivity index (χ3v) is 3.85. The second-order valence-electron chi connectivity index (χ2n) is 7.46. The molecule has 1 rings (SSSR count). The summed E-state index contributed by atoms with van der Waals surface area (Å²) in [6.07, 6.45) is -0.447. The Morgan fingerprint density at radius 1 is 1.12 bits per heavy atom. The van der Waals surface area contributed by atoms with Gasteiger partial charge in [-0.1, -0.05) is 13.8 Å². The second kappa shape index (κ2) is 7.48. The van der Waals surface area contributed by atoms with Gasteiger partial charge in [0.1, 0.15) is 5.60 Å². The minimum Gasteiger partial charge on any atom is -0.479 e. The molecule has 1 aliphatic heterocycles. The molecule has 3 N–H and O–H groups in total. The fraction of sp³-hybridized carbons (Fsp3) is 0.812. The van der Waals surface area contributed by atoms with E-state index in [2.05, 4.69) is 0 Å². The molecule has 1 aliphatic rings. The van der Waals surface area contributed by atoms with Crippen LogP contribution >= 0.6 is 0 Å². The highest BCUT2D eigenvalue weighted by Crippen LogP contribution is 2.20. The summed E-state index contributed by atoms with van der Waals surface area (Å²) >= 11 is 0. The van der Waals surface area contributed by atoms with E-state index in [0.717, 1.165) is 0 Å². The molecule has 0 bridgehead atoms. The molecule has 0 unspecified atom stereocenters. The summed E-state index contributed by atoms with van der Waals surface area (Å²) in [4.78, 5) is 38.9. The van der Waals surface area contributed by atoms with E-state index < -0.39 is 29.6 Å². The van der Waals surface area contributed by atoms with Crippen LogP contribution in [0.4, 0.5) is 0 Å². The molecule has 1 saturated heterocycles. The van der Waals surface area contributed by atoms with Gasteiger partial charge in [0.15, 0.2) is 5.66 Å². The van der Waals surface area contributed by atoms with Crippen molar-refractivity contribution in [1.29, 1.82) is 0 Å². The molecule has 1 heterocycles. The first kappa shape index (κ1) is 20.4. The normalized spacial score (nSPS) is 19.0. The Balaban J connectivity index is 2.77. The number of rotatable bonds is 5. The van der Waals surface area contributed by atoms with E-state index in [1.807, 2.05) is 13.8 Å². The van der Waals surface area contributed by atoms with Gasteiger partial charge in [-0.15, -0.1) is 0 Å². The van der Waals surface area contributed by atoms with Crippen molar-refractivity contribution >= 4 is 17.8 Å². The van der Waals surface area contributed by atoms with Crippen molar-refractivity contribution in [2.24, 2.45) is 11.7 Å². The zero-order valence-electron chi connectivity index (χ0n) is 15.2. The molecule has 0 aromatic rings. The van der Waals surface area contributed by atoms with Crippen molar-refractivity contribution in [3.05, 3.63) is 0 Å². The molecule has 24 heavy (non-hydrogen) atoms. The third kappa shape index (κ3) is 5.17. The SMILES string of the molecule is CC(C)C(=O)N1CCN([C@@](N)(CC(=O)OC(C)(C)C)C(=O)O)CC1. The summed E-state index contributed by atoms with van der Waals surface area (Å²) in [5.41, 5.74) is 3.49. The van der Waals surface area contributed by atoms with Gasteiger partial charge in [0, 0.05) is 32.1 Å². The molecule has 0 aliphatic carbocycles. The van der Waals surface area contributed by atoms with E-state index >= 15 is 0 Å². The highest BCUT2D eigenvalue weighted by Gasteiger charge is 2.45. The van der Waals surface area contributed by atoms with E-state index in [1.165, 1.54) is 4.90 Å². The maximum absolute atomic E-state index is 12.0. The predicted octanol–water partition coefficient (Wildman–Crippen LogP) is 0.258. The minimum atomic E-state index is -1.84. The first-order valence-electron chi connectivity index (χ1n) is 8.15. The summed E-state index contributed by atoms with van der Waals surface area (Å²) in [6, 6.07) is 0. The lowest BCUT2D eigenvalue weighted by atomic mass is 10.0. The van der Waals surface area contributed by atoms with Gasteiger partial charge in [0.25, 0.3) is 0 Å². The number of piperazine rings is 1. The number of nitrogens with zero attached hydrogens (tertiary/aromatic N) is 2. The number of hydrogen-bond acceptors (Lipinski definition) is 6. The van der Waals surface area contributed by atoms with Gasteiger partial charge in [-0.3, -0.25) is 14.5 Å². The van der Waals surface area contributed by atoms with Crippen LogP contribution in [0.25, 0.3) is 0 Å². The molecular formula is C16H29N3O5. The van der Waals surface area contributed by atoms with Crippen molar-refractivity contribution in [1.82, 2.24) is 9.80 Å². The lowest BCUT2D eigenvalue weighted by Gasteiger charge is -2.43. The fourth-order valence-corrected chi connectivity index (χ4v) is 2.61. The largest absolute Gasteiger partial charge is 0.479 e. The van der Waals surface area contributed by atoms with Gasteiger partial charge in [0.05, 0.1) is 6.42 Å². The Kier molecular flexibility index (Phi) is 6.35. The molecule has 1 atom stereocenters. The van der Waals surface area contributed by atoms with Gasteiger partial charge in [-0.25, -0.2) is 4.79 Å². The number of carboxylic acids is 1. The summed E-state index contributed by atoms with van der Waals surface area (Å²) in [5, 5.41) is 9.54. The van der Waals surface area contributed by atoms with Crippen LogP contribution in [0.15, 0.2) is 0 Å². The summed E-state index contributed by atoms with van der Waals surface area (Å²) < 4.78 is 5.19. The monoisotopic (exact) mass is 343 g/mol. The number of esters is 1. The van der Waals surface area contributed by atoms with Crippen LogP contribution < -0.4 is 5.73 Å². The van der Waals surface area contributed by atoms with Crippen molar-refractivity contribution < 1.29 is 24.2 Å². The highest BCUT2D eigenvalue weighted by atomic mass is 16.6. The molecule has 0 radical (unpaired) electrons. The second-order valence-corrected chi connectivity index (χ2v) is 7.46. The van der Waals surface area contributed by atoms with E-state index in [-0.39, 0.29) is 11.8 Å². The Hall–Kier alpha value is -1.67. The van der Waals surface area contributed by atoms with Crippen LogP contribution in [-0.2, 0) is 19.1 Å². The van der Waals surface area contributed by atoms with Gasteiger partial charge in [0.2, 0.25) is 5.91 Å². The zero-order chi connectivity index (χ0) is 18.7. The molecular weight excluding hydrogens is 314 g/mol. The quantitative estimate of drug-likeness (QED) is 0.688. The fourth-order valence-electron chi connectivity index (χ4n) is 2.61. The molecule has 1 fully saturated rings. The number of hydrogen-bond donors (Lipinski definition) is 2. The Morgan fingerprint density at radius 2 is 1.62 bits per heavy atom. The lowest BCUT2D eigenvalue weighted by Crippen LogP contribution is -2.67. The summed E-state index contributed by atoms with van der Waals surface area (Å²) in [7, 11) is 0. The highest BCUT2D eigenvalue weighted by molar-refractivity contribution is 5.85. The standard InChI is InChI=1S/C16H29N3O5/c1-11(2)13(21)18-6-8-19(9-7-18)16(17,14(22)23)10-12(20)24-15(3,4)5/h11H,6-10,17H2,1-5H3,(H,22,23)/t16-/m0/s1. The van der Waals surface area contributed by atoms with Crippen molar-refractivity contribution in [3.63, 3.8) is 0 Å². The smallest absolute Gasteiger partial charge is 0.339 e. The van der Waals surface area contributed by atoms with Gasteiger partial charge < -0.3 is 20.5 Å². The summed E-state index contributed by atoms with van der Waals surface area (Å²) in [6.45, 7) is 10.1. The maximum atomic E-state index is 12.0. The molecule has 0 aromatic carbocycles. The number of ether oxygens (including phenoxy) is 1. The van der Waals surface area contributed by atoms with Crippen LogP contribution in [0.1, 0.15) is 41.0 Å². The van der Waals surface area contributed by atoms with Crippen LogP contribution in [0.3, 0.4) is 0 Å². The van der Waals surface area contributed by atoms with Crippen molar-refractivity contribution in [3.8, 4) is 0 Å². The topological polar surface area (TPSA) is 113 Å². The van der Waals surface area contributed by atoms with Crippen LogP contribution in [0, 0.1) is 5.92 Å². The Morgan fingerprint density at radius 3 is 2.00 bits per heavy atom. The lowest BCUT2D eigenvalue weighted by molar-refractivity contribution is -0.168. The number of carbonyl (C=O) groups is 3. The zero-order valence-corrected chi connectivity index (χ0v) is 15.2. The molecule has 0 spiro atoms. The Bertz CT molecular complexity index is 492. The van der Waals surface area contributed by atoms with Gasteiger partial charge in [-0.05, 0) is 20.8 Å². The van der Waals surface area contributed by atoms with E-state index in [9.17, 15) is 19.5 Å². The van der Waals surface area contributed by atoms with E-state index in [4.69, 9.17) is 10.5 Å². The minimum absolute atomic E-state index is 0.0275. The Labute approximate surface area is 142 Å². The molecule has 1 amide bonds. The van der Waals surface area contributed by atoms with Crippen LogP contribution in [0.5, 0.6) is 0 Å². The van der Waals surface area contributed by atoms with E-state index in [0.29, 0.717) is 26.2 Å². The molecule has 8 nitrogen and oxygen atoms in total. The average Bonchev–Trinajstić information content (AvgIpc) is 2.44. The third-order valence-electron chi connectivity index (χ3n) is 3.85. The molecule has 0 saturated carbocycles. The number of amides is 1. The van der Waals surface area contributed by atoms with Gasteiger partial charge in [-0.2, -0.15) is 0 Å². The molecule has 138 valence electrons. The molecule has 0 aromatic heterocycles. The number of nitrogens with two attached hydrogens (primary N) is 1.